The Bertz CT molecular complexity index is 1480. The number of rotatable bonds is 6. The number of aromatic nitrogens is 3. The van der Waals surface area contributed by atoms with Gasteiger partial charge >= 0.3 is 6.18 Å². The molecule has 2 heterocycles. The molecule has 0 spiro atoms. The summed E-state index contributed by atoms with van der Waals surface area (Å²) in [6.07, 6.45) is -2.32. The molecular weight excluding hydrogens is 485 g/mol. The van der Waals surface area contributed by atoms with Crippen LogP contribution < -0.4 is 11.1 Å². The Morgan fingerprint density at radius 2 is 1.89 bits per heavy atom. The Hall–Kier alpha value is -4.07. The summed E-state index contributed by atoms with van der Waals surface area (Å²) in [5, 5.41) is 20.7. The molecule has 0 unspecified atom stereocenters. The van der Waals surface area contributed by atoms with E-state index in [0.717, 1.165) is 12.8 Å². The number of nitriles is 1. The second-order valence-corrected chi connectivity index (χ2v) is 10.8. The van der Waals surface area contributed by atoms with Crippen molar-refractivity contribution in [1.29, 1.82) is 5.26 Å². The number of nitrogens with one attached hydrogen (secondary N) is 1. The molecular formula is C26H23F3N6O2. The second kappa shape index (κ2) is 7.25. The first-order valence-corrected chi connectivity index (χ1v) is 11.8. The number of nitrogen functional groups attached to an aromatic ring is 1. The zero-order valence-electron chi connectivity index (χ0n) is 19.9. The van der Waals surface area contributed by atoms with Crippen LogP contribution in [-0.2, 0) is 15.7 Å². The van der Waals surface area contributed by atoms with Gasteiger partial charge in [-0.3, -0.25) is 10.1 Å². The molecule has 0 atom stereocenters. The molecule has 8 nitrogen and oxygen atoms in total. The molecule has 0 saturated heterocycles. The number of halogens is 3. The summed E-state index contributed by atoms with van der Waals surface area (Å²) in [5.41, 5.74) is 6.38. The van der Waals surface area contributed by atoms with Crippen molar-refractivity contribution in [2.75, 3.05) is 11.1 Å². The third kappa shape index (κ3) is 3.31. The van der Waals surface area contributed by atoms with Crippen molar-refractivity contribution in [2.24, 2.45) is 5.41 Å². The van der Waals surface area contributed by atoms with Crippen molar-refractivity contribution in [1.82, 2.24) is 14.9 Å². The normalized spacial score (nSPS) is 24.9. The topological polar surface area (TPSA) is 123 Å². The van der Waals surface area contributed by atoms with Gasteiger partial charge in [-0.05, 0) is 44.6 Å². The molecule has 7 rings (SSSR count). The quantitative estimate of drug-likeness (QED) is 0.445. The lowest BCUT2D eigenvalue weighted by molar-refractivity contribution is -0.338. The van der Waals surface area contributed by atoms with Crippen molar-refractivity contribution in [3.63, 3.8) is 0 Å². The predicted octanol–water partition coefficient (Wildman–Crippen LogP) is 5.14. The molecule has 1 aromatic carbocycles. The number of amides is 1. The van der Waals surface area contributed by atoms with Gasteiger partial charge in [0.1, 0.15) is 23.1 Å². The fourth-order valence-electron chi connectivity index (χ4n) is 5.64. The second-order valence-electron chi connectivity index (χ2n) is 10.8. The van der Waals surface area contributed by atoms with Gasteiger partial charge in [-0.2, -0.15) is 23.5 Å². The first-order valence-electron chi connectivity index (χ1n) is 11.8. The highest BCUT2D eigenvalue weighted by atomic mass is 19.4. The van der Waals surface area contributed by atoms with Crippen molar-refractivity contribution in [3.8, 4) is 17.3 Å². The molecule has 4 fully saturated rings. The zero-order chi connectivity index (χ0) is 26.4. The van der Waals surface area contributed by atoms with Gasteiger partial charge in [-0.15, -0.1) is 0 Å². The van der Waals surface area contributed by atoms with Crippen LogP contribution in [0.1, 0.15) is 55.8 Å². The van der Waals surface area contributed by atoms with Crippen molar-refractivity contribution in [3.05, 3.63) is 53.7 Å². The predicted molar refractivity (Wildman–Crippen MR) is 128 cm³/mol. The molecule has 3 aromatic rings. The van der Waals surface area contributed by atoms with Crippen LogP contribution in [0.2, 0.25) is 0 Å². The molecule has 0 radical (unpaired) electrons. The Morgan fingerprint density at radius 1 is 1.24 bits per heavy atom. The molecule has 4 saturated carbocycles. The van der Waals surface area contributed by atoms with Crippen LogP contribution in [-0.4, -0.2) is 27.0 Å². The van der Waals surface area contributed by atoms with E-state index >= 15 is 0 Å². The largest absolute Gasteiger partial charge is 0.394 e. The first-order chi connectivity index (χ1) is 17.4. The summed E-state index contributed by atoms with van der Waals surface area (Å²) in [6, 6.07) is 10.5. The van der Waals surface area contributed by atoms with E-state index in [-0.39, 0.29) is 36.3 Å². The summed E-state index contributed by atoms with van der Waals surface area (Å²) in [6.45, 7) is 5.89. The Labute approximate surface area is 209 Å². The molecule has 190 valence electrons. The Morgan fingerprint density at radius 3 is 2.46 bits per heavy atom. The average molecular weight is 509 g/mol. The maximum absolute atomic E-state index is 13.1. The number of benzene rings is 1. The third-order valence-corrected chi connectivity index (χ3v) is 8.22. The smallest absolute Gasteiger partial charge is 0.383 e. The lowest BCUT2D eigenvalue weighted by Crippen LogP contribution is -2.70. The third-order valence-electron chi connectivity index (χ3n) is 8.22. The SMILES string of the molecule is C=C(C(=O)Nc1cc(C23CC(C(F)(F)F)(C2)C3)no1)c1ccc(-c2nn(C3(C)CC3)c(N)c2C#N)cc1. The molecule has 4 aliphatic rings. The van der Waals surface area contributed by atoms with E-state index in [1.54, 1.807) is 28.9 Å². The van der Waals surface area contributed by atoms with E-state index in [1.807, 2.05) is 6.92 Å². The number of carbonyl (C=O) groups is 1. The lowest BCUT2D eigenvalue weighted by atomic mass is 9.34. The van der Waals surface area contributed by atoms with Crippen LogP contribution in [0.5, 0.6) is 0 Å². The summed E-state index contributed by atoms with van der Waals surface area (Å²) >= 11 is 0. The summed E-state index contributed by atoms with van der Waals surface area (Å²) < 4.78 is 46.3. The molecule has 1 amide bonds. The fourth-order valence-corrected chi connectivity index (χ4v) is 5.64. The van der Waals surface area contributed by atoms with Crippen LogP contribution in [0.15, 0.2) is 41.4 Å². The summed E-state index contributed by atoms with van der Waals surface area (Å²) in [5.74, 6) is -0.145. The molecule has 11 heteroatoms. The van der Waals surface area contributed by atoms with Crippen LogP contribution in [0.4, 0.5) is 24.9 Å². The lowest BCUT2D eigenvalue weighted by Gasteiger charge is -2.69. The number of nitrogens with two attached hydrogens (primary N) is 1. The highest BCUT2D eigenvalue weighted by molar-refractivity contribution is 6.24. The van der Waals surface area contributed by atoms with E-state index in [0.29, 0.717) is 33.9 Å². The van der Waals surface area contributed by atoms with Gasteiger partial charge < -0.3 is 10.3 Å². The molecule has 4 aliphatic carbocycles. The van der Waals surface area contributed by atoms with Gasteiger partial charge in [0.25, 0.3) is 5.91 Å². The van der Waals surface area contributed by atoms with Crippen molar-refractivity contribution in [2.45, 2.75) is 56.2 Å². The zero-order valence-corrected chi connectivity index (χ0v) is 19.9. The number of alkyl halides is 3. The van der Waals surface area contributed by atoms with Gasteiger partial charge in [0.05, 0.1) is 16.6 Å². The van der Waals surface area contributed by atoms with Crippen LogP contribution in [0.25, 0.3) is 16.8 Å². The van der Waals surface area contributed by atoms with Crippen LogP contribution in [0, 0.1) is 16.7 Å². The molecule has 37 heavy (non-hydrogen) atoms. The Kier molecular flexibility index (Phi) is 4.57. The highest BCUT2D eigenvalue weighted by Crippen LogP contribution is 2.78. The average Bonchev–Trinajstić information content (AvgIpc) is 3.21. The van der Waals surface area contributed by atoms with Gasteiger partial charge in [0, 0.05) is 22.6 Å². The van der Waals surface area contributed by atoms with Crippen molar-refractivity contribution >= 4 is 23.2 Å². The maximum atomic E-state index is 13.1. The standard InChI is InChI=1S/C26H23F3N6O2/c1-14(22(36)32-19-9-18(34-37-19)24-11-25(12-24,13-24)26(27,28)29)15-3-5-16(6-4-15)20-17(10-30)21(31)35(33-20)23(2)7-8-23/h3-6,9H,1,7-8,11-13,31H2,2H3,(H,32,36). The summed E-state index contributed by atoms with van der Waals surface area (Å²) in [4.78, 5) is 12.7. The fraction of sp³-hybridized carbons (Fsp3) is 0.385. The number of carbonyl (C=O) groups excluding carboxylic acids is 1. The number of nitrogens with zero attached hydrogens (tertiary/aromatic N) is 4. The van der Waals surface area contributed by atoms with Gasteiger partial charge in [-0.1, -0.05) is 36.0 Å². The molecule has 2 aromatic heterocycles. The minimum Gasteiger partial charge on any atom is -0.383 e. The van der Waals surface area contributed by atoms with E-state index in [2.05, 4.69) is 28.2 Å². The number of hydrogen-bond acceptors (Lipinski definition) is 6. The highest BCUT2D eigenvalue weighted by Gasteiger charge is 2.79. The molecule has 0 aliphatic heterocycles. The molecule has 2 bridgehead atoms. The number of anilines is 2. The van der Waals surface area contributed by atoms with Gasteiger partial charge in [0.2, 0.25) is 5.88 Å². The van der Waals surface area contributed by atoms with Gasteiger partial charge in [0.15, 0.2) is 0 Å². The molecule has 3 N–H and O–H groups in total. The van der Waals surface area contributed by atoms with Gasteiger partial charge in [-0.25, -0.2) is 4.68 Å². The van der Waals surface area contributed by atoms with E-state index < -0.39 is 22.9 Å². The minimum absolute atomic E-state index is 0.000871. The summed E-state index contributed by atoms with van der Waals surface area (Å²) in [7, 11) is 0. The van der Waals surface area contributed by atoms with Crippen molar-refractivity contribution < 1.29 is 22.5 Å². The van der Waals surface area contributed by atoms with E-state index in [4.69, 9.17) is 10.3 Å². The minimum atomic E-state index is -4.21. The number of hydrogen-bond donors (Lipinski definition) is 2. The van der Waals surface area contributed by atoms with E-state index in [9.17, 15) is 23.2 Å². The van der Waals surface area contributed by atoms with Crippen LogP contribution in [0.3, 0.4) is 0 Å². The monoisotopic (exact) mass is 508 g/mol. The Balaban J connectivity index is 1.14. The van der Waals surface area contributed by atoms with Crippen LogP contribution >= 0.6 is 0 Å². The maximum Gasteiger partial charge on any atom is 0.394 e. The van der Waals surface area contributed by atoms with E-state index in [1.165, 1.54) is 6.07 Å². The first kappa shape index (κ1) is 23.3.